The molecule has 6 heteroatoms. The number of rotatable bonds is 5. The van der Waals surface area contributed by atoms with Crippen LogP contribution in [0.3, 0.4) is 0 Å². The van der Waals surface area contributed by atoms with Gasteiger partial charge in [0.05, 0.1) is 4.99 Å². The van der Waals surface area contributed by atoms with Crippen LogP contribution in [-0.4, -0.2) is 39.1 Å². The highest BCUT2D eigenvalue weighted by molar-refractivity contribution is 7.80. The average molecular weight is 282 g/mol. The van der Waals surface area contributed by atoms with E-state index in [-0.39, 0.29) is 28.9 Å². The number of nitrogens with two attached hydrogens (primary N) is 1. The van der Waals surface area contributed by atoms with Crippen molar-refractivity contribution in [2.45, 2.75) is 13.8 Å². The Morgan fingerprint density at radius 3 is 2.32 bits per heavy atom. The van der Waals surface area contributed by atoms with Crippen LogP contribution in [0.15, 0.2) is 18.2 Å². The molecule has 0 bridgehead atoms. The Morgan fingerprint density at radius 1 is 1.37 bits per heavy atom. The Morgan fingerprint density at radius 2 is 1.89 bits per heavy atom. The highest BCUT2D eigenvalue weighted by Crippen LogP contribution is 2.21. The molecule has 0 spiro atoms. The smallest absolute Gasteiger partial charge is 0.254 e. The molecule has 0 radical (unpaired) electrons. The molecule has 1 aromatic rings. The van der Waals surface area contributed by atoms with Gasteiger partial charge in [-0.1, -0.05) is 19.1 Å². The highest BCUT2D eigenvalue weighted by Gasteiger charge is 2.19. The second-order valence-corrected chi connectivity index (χ2v) is 4.86. The first-order valence-corrected chi connectivity index (χ1v) is 6.37. The van der Waals surface area contributed by atoms with Crippen LogP contribution < -0.4 is 5.73 Å². The van der Waals surface area contributed by atoms with E-state index in [1.165, 1.54) is 18.2 Å². The highest BCUT2D eigenvalue weighted by atomic mass is 32.1. The van der Waals surface area contributed by atoms with Gasteiger partial charge in [0.1, 0.15) is 11.5 Å². The van der Waals surface area contributed by atoms with Crippen molar-refractivity contribution in [1.29, 1.82) is 0 Å². The minimum atomic E-state index is -0.281. The van der Waals surface area contributed by atoms with Crippen LogP contribution in [0, 0.1) is 5.92 Å². The van der Waals surface area contributed by atoms with Crippen LogP contribution in [0.25, 0.3) is 0 Å². The van der Waals surface area contributed by atoms with Gasteiger partial charge in [-0.15, -0.1) is 0 Å². The molecule has 0 aromatic heterocycles. The maximum Gasteiger partial charge on any atom is 0.254 e. The van der Waals surface area contributed by atoms with Crippen molar-refractivity contribution in [2.75, 3.05) is 13.1 Å². The van der Waals surface area contributed by atoms with Crippen molar-refractivity contribution in [3.63, 3.8) is 0 Å². The molecule has 0 heterocycles. The Bertz CT molecular complexity index is 471. The molecular weight excluding hydrogens is 264 g/mol. The maximum absolute atomic E-state index is 12.3. The lowest BCUT2D eigenvalue weighted by Gasteiger charge is -2.24. The number of amides is 1. The van der Waals surface area contributed by atoms with E-state index >= 15 is 0 Å². The number of nitrogens with zero attached hydrogens (tertiary/aromatic N) is 1. The fraction of sp³-hybridized carbons (Fsp3) is 0.385. The Kier molecular flexibility index (Phi) is 5.11. The van der Waals surface area contributed by atoms with Crippen molar-refractivity contribution in [1.82, 2.24) is 4.90 Å². The van der Waals surface area contributed by atoms with E-state index < -0.39 is 0 Å². The lowest BCUT2D eigenvalue weighted by atomic mass is 10.1. The average Bonchev–Trinajstić information content (AvgIpc) is 2.33. The van der Waals surface area contributed by atoms with Crippen LogP contribution in [0.1, 0.15) is 24.2 Å². The Balaban J connectivity index is 2.92. The summed E-state index contributed by atoms with van der Waals surface area (Å²) in [7, 11) is 0. The summed E-state index contributed by atoms with van der Waals surface area (Å²) in [6.45, 7) is 4.58. The lowest BCUT2D eigenvalue weighted by molar-refractivity contribution is 0.0754. The molecule has 1 aromatic carbocycles. The first kappa shape index (κ1) is 15.2. The molecule has 19 heavy (non-hydrogen) atoms. The van der Waals surface area contributed by atoms with Gasteiger partial charge >= 0.3 is 0 Å². The third kappa shape index (κ3) is 4.10. The molecule has 0 fully saturated rings. The zero-order chi connectivity index (χ0) is 14.6. The fourth-order valence-corrected chi connectivity index (χ4v) is 1.75. The lowest BCUT2D eigenvalue weighted by Crippen LogP contribution is -2.38. The zero-order valence-corrected chi connectivity index (χ0v) is 11.8. The molecular formula is C13H18N2O3S. The second-order valence-electron chi connectivity index (χ2n) is 4.39. The summed E-state index contributed by atoms with van der Waals surface area (Å²) in [4.78, 5) is 14.2. The summed E-state index contributed by atoms with van der Waals surface area (Å²) in [6, 6.07) is 3.80. The van der Waals surface area contributed by atoms with E-state index in [1.54, 1.807) is 4.90 Å². The standard InChI is InChI=1S/C13H18N2O3S/c1-3-15(7-8(2)12(14)19)13(18)9-4-10(16)6-11(17)5-9/h4-6,8,16-17H,3,7H2,1-2H3,(H2,14,19). The number of carbonyl (C=O) groups excluding carboxylic acids is 1. The van der Waals surface area contributed by atoms with Gasteiger partial charge in [-0.05, 0) is 19.1 Å². The number of benzene rings is 1. The summed E-state index contributed by atoms with van der Waals surface area (Å²) < 4.78 is 0. The summed E-state index contributed by atoms with van der Waals surface area (Å²) in [6.07, 6.45) is 0. The summed E-state index contributed by atoms with van der Waals surface area (Å²) in [5.41, 5.74) is 5.77. The van der Waals surface area contributed by atoms with Crippen LogP contribution in [0.2, 0.25) is 0 Å². The Labute approximate surface area is 117 Å². The Hall–Kier alpha value is -1.82. The van der Waals surface area contributed by atoms with Crippen molar-refractivity contribution in [2.24, 2.45) is 11.7 Å². The number of aromatic hydroxyl groups is 2. The van der Waals surface area contributed by atoms with Crippen LogP contribution in [-0.2, 0) is 0 Å². The maximum atomic E-state index is 12.3. The number of thiocarbonyl (C=S) groups is 1. The predicted molar refractivity (Wildman–Crippen MR) is 77.3 cm³/mol. The third-order valence-electron chi connectivity index (χ3n) is 2.80. The largest absolute Gasteiger partial charge is 0.508 e. The minimum Gasteiger partial charge on any atom is -0.508 e. The summed E-state index contributed by atoms with van der Waals surface area (Å²) in [5.74, 6) is -0.676. The number of phenolic OH excluding ortho intramolecular Hbond substituents is 2. The van der Waals surface area contributed by atoms with Gasteiger partial charge in [0.15, 0.2) is 0 Å². The number of carbonyl (C=O) groups is 1. The van der Waals surface area contributed by atoms with Crippen LogP contribution in [0.5, 0.6) is 11.5 Å². The molecule has 0 aliphatic carbocycles. The van der Waals surface area contributed by atoms with E-state index in [1.807, 2.05) is 13.8 Å². The van der Waals surface area contributed by atoms with Gasteiger partial charge in [0, 0.05) is 30.6 Å². The number of hydrogen-bond donors (Lipinski definition) is 3. The molecule has 1 atom stereocenters. The van der Waals surface area contributed by atoms with E-state index in [0.717, 1.165) is 0 Å². The SMILES string of the molecule is CCN(CC(C)C(N)=S)C(=O)c1cc(O)cc(O)c1. The predicted octanol–water partition coefficient (Wildman–Crippen LogP) is 1.48. The zero-order valence-electron chi connectivity index (χ0n) is 11.0. The molecule has 0 aliphatic heterocycles. The molecule has 1 unspecified atom stereocenters. The first-order chi connectivity index (χ1) is 8.85. The van der Waals surface area contributed by atoms with E-state index in [0.29, 0.717) is 18.1 Å². The molecule has 0 aliphatic rings. The quantitative estimate of drug-likeness (QED) is 0.712. The summed E-state index contributed by atoms with van der Waals surface area (Å²) >= 11 is 4.89. The van der Waals surface area contributed by atoms with Crippen molar-refractivity contribution in [3.05, 3.63) is 23.8 Å². The topological polar surface area (TPSA) is 86.8 Å². The first-order valence-electron chi connectivity index (χ1n) is 5.96. The van der Waals surface area contributed by atoms with Crippen molar-refractivity contribution >= 4 is 23.1 Å². The van der Waals surface area contributed by atoms with Gasteiger partial charge in [-0.2, -0.15) is 0 Å². The molecule has 1 amide bonds. The van der Waals surface area contributed by atoms with Crippen LogP contribution >= 0.6 is 12.2 Å². The number of phenols is 2. The molecule has 104 valence electrons. The molecule has 4 N–H and O–H groups in total. The van der Waals surface area contributed by atoms with Crippen molar-refractivity contribution < 1.29 is 15.0 Å². The monoisotopic (exact) mass is 282 g/mol. The molecule has 5 nitrogen and oxygen atoms in total. The fourth-order valence-electron chi connectivity index (χ4n) is 1.68. The van der Waals surface area contributed by atoms with Gasteiger partial charge in [-0.25, -0.2) is 0 Å². The van der Waals surface area contributed by atoms with Crippen LogP contribution in [0.4, 0.5) is 0 Å². The second kappa shape index (κ2) is 6.38. The van der Waals surface area contributed by atoms with E-state index in [4.69, 9.17) is 18.0 Å². The number of hydrogen-bond acceptors (Lipinski definition) is 4. The van der Waals surface area contributed by atoms with Gasteiger partial charge in [-0.3, -0.25) is 4.79 Å². The minimum absolute atomic E-state index is 0.0928. The summed E-state index contributed by atoms with van der Waals surface area (Å²) in [5, 5.41) is 18.8. The molecule has 1 rings (SSSR count). The van der Waals surface area contributed by atoms with E-state index in [9.17, 15) is 15.0 Å². The van der Waals surface area contributed by atoms with Crippen molar-refractivity contribution in [3.8, 4) is 11.5 Å². The van der Waals surface area contributed by atoms with Gasteiger partial charge in [0.2, 0.25) is 0 Å². The van der Waals surface area contributed by atoms with Gasteiger partial charge < -0.3 is 20.8 Å². The molecule has 0 saturated heterocycles. The van der Waals surface area contributed by atoms with E-state index in [2.05, 4.69) is 0 Å². The third-order valence-corrected chi connectivity index (χ3v) is 3.20. The normalized spacial score (nSPS) is 11.9. The molecule has 0 saturated carbocycles. The van der Waals surface area contributed by atoms with Gasteiger partial charge in [0.25, 0.3) is 5.91 Å².